The number of carbonyl (C=O) groups excluding carboxylic acids is 2. The van der Waals surface area contributed by atoms with Crippen molar-refractivity contribution in [2.24, 2.45) is 29.2 Å². The van der Waals surface area contributed by atoms with Crippen LogP contribution >= 0.6 is 0 Å². The van der Waals surface area contributed by atoms with Gasteiger partial charge in [-0.25, -0.2) is 0 Å². The molecule has 0 aliphatic carbocycles. The minimum atomic E-state index is -2.30. The summed E-state index contributed by atoms with van der Waals surface area (Å²) in [5.74, 6) is -6.09. The van der Waals surface area contributed by atoms with E-state index in [2.05, 4.69) is 0 Å². The molecule has 18 heteroatoms. The molecule has 3 rings (SSSR count). The Labute approximate surface area is 381 Å². The summed E-state index contributed by atoms with van der Waals surface area (Å²) in [6.45, 7) is 6.77. The summed E-state index contributed by atoms with van der Waals surface area (Å²) in [6, 6.07) is -1.13. The van der Waals surface area contributed by atoms with Crippen molar-refractivity contribution in [3.8, 4) is 0 Å². The SMILES string of the molecule is C[C@@H]1[C@H](O)[C@@H](C)/C=C/C=C/C=C/C=C/C=C/C=C/C=C/[C@H](OC2O[C@H](C)[C@@H](O)[C@H](N)[C@@H]2O)C[C@@H]2O[C@](O)(C[C@@H](O)[C@H](O)CCC(O)CC(O)CC(O)CC(=O)O[C@H]1C)C[C@H](O)[C@H]2C(N)=O. The molecular weight excluding hydrogens is 849 g/mol. The van der Waals surface area contributed by atoms with Crippen LogP contribution in [0, 0.1) is 17.8 Å². The van der Waals surface area contributed by atoms with Gasteiger partial charge in [0.1, 0.15) is 12.2 Å². The van der Waals surface area contributed by atoms with Gasteiger partial charge in [0.15, 0.2) is 12.1 Å². The number of carbonyl (C=O) groups is 2. The summed E-state index contributed by atoms with van der Waals surface area (Å²) in [7, 11) is 0. The molecule has 3 heterocycles. The van der Waals surface area contributed by atoms with Gasteiger partial charge in [-0.3, -0.25) is 9.59 Å². The predicted octanol–water partition coefficient (Wildman–Crippen LogP) is 0.112. The second kappa shape index (κ2) is 27.4. The number of nitrogens with two attached hydrogens (primary N) is 2. The van der Waals surface area contributed by atoms with Crippen molar-refractivity contribution in [1.82, 2.24) is 0 Å². The minimum absolute atomic E-state index is 0.124. The molecule has 1 amide bonds. The van der Waals surface area contributed by atoms with E-state index in [9.17, 15) is 60.7 Å². The van der Waals surface area contributed by atoms with Crippen LogP contribution in [0.1, 0.15) is 79.1 Å². The van der Waals surface area contributed by atoms with E-state index in [1.807, 2.05) is 37.3 Å². The second-order valence-corrected chi connectivity index (χ2v) is 17.6. The zero-order chi connectivity index (χ0) is 48.4. The van der Waals surface area contributed by atoms with Crippen LogP contribution in [0.2, 0.25) is 0 Å². The van der Waals surface area contributed by atoms with Crippen LogP contribution in [0.5, 0.6) is 0 Å². The van der Waals surface area contributed by atoms with Crippen LogP contribution < -0.4 is 11.5 Å². The van der Waals surface area contributed by atoms with E-state index in [0.717, 1.165) is 0 Å². The third-order valence-electron chi connectivity index (χ3n) is 12.1. The Morgan fingerprint density at radius 2 is 1.20 bits per heavy atom. The maximum atomic E-state index is 12.7. The standard InChI is InChI=1S/C47H74N2O16/c1-27-17-15-13-11-9-7-5-6-8-10-12-14-16-18-34(64-46-44(59)41(48)43(58)30(4)63-46)24-38-40(45(49)60)37(55)26-47(61,65-38)25-36(54)35(53)20-19-31(50)21-32(51)22-33(52)23-39(56)62-29(3)28(2)42(27)57/h5-18,27-38,40-44,46,50-55,57-59,61H,19-26,48H2,1-4H3,(H2,49,60)/b6-5+,9-7+,10-8+,13-11+,14-12+,17-15+,18-16+/t27-,28-,29-,30+,31?,32?,33?,34-,35+,36+,37-,38-,40+,41-,42+,43+,44-,46?,47+/m0/s1. The maximum absolute atomic E-state index is 12.7. The highest BCUT2D eigenvalue weighted by Gasteiger charge is 2.50. The molecule has 2 bridgehead atoms. The van der Waals surface area contributed by atoms with E-state index in [-0.39, 0.29) is 38.0 Å². The number of cyclic esters (lactones) is 1. The molecule has 4 unspecified atom stereocenters. The molecule has 65 heavy (non-hydrogen) atoms. The predicted molar refractivity (Wildman–Crippen MR) is 239 cm³/mol. The highest BCUT2D eigenvalue weighted by atomic mass is 16.7. The average Bonchev–Trinajstić information content (AvgIpc) is 3.21. The maximum Gasteiger partial charge on any atom is 0.308 e. The number of aliphatic hydroxyl groups is 10. The van der Waals surface area contributed by atoms with E-state index in [0.29, 0.717) is 0 Å². The van der Waals surface area contributed by atoms with Gasteiger partial charge >= 0.3 is 5.97 Å². The number of hydrogen-bond donors (Lipinski definition) is 12. The summed E-state index contributed by atoms with van der Waals surface area (Å²) >= 11 is 0. The number of hydrogen-bond acceptors (Lipinski definition) is 17. The molecule has 2 fully saturated rings. The van der Waals surface area contributed by atoms with Crippen molar-refractivity contribution in [1.29, 1.82) is 0 Å². The number of esters is 1. The average molecular weight is 923 g/mol. The van der Waals surface area contributed by atoms with Crippen LogP contribution in [0.25, 0.3) is 0 Å². The lowest BCUT2D eigenvalue weighted by molar-refractivity contribution is -0.308. The fourth-order valence-electron chi connectivity index (χ4n) is 8.00. The summed E-state index contributed by atoms with van der Waals surface area (Å²) in [5, 5.41) is 108. The van der Waals surface area contributed by atoms with Gasteiger partial charge in [-0.1, -0.05) is 98.9 Å². The highest BCUT2D eigenvalue weighted by molar-refractivity contribution is 5.78. The fourth-order valence-corrected chi connectivity index (χ4v) is 8.00. The molecule has 368 valence electrons. The van der Waals surface area contributed by atoms with E-state index >= 15 is 0 Å². The molecule has 3 aliphatic rings. The summed E-state index contributed by atoms with van der Waals surface area (Å²) < 4.78 is 23.3. The summed E-state index contributed by atoms with van der Waals surface area (Å²) in [4.78, 5) is 25.3. The normalized spacial score (nSPS) is 45.5. The molecule has 14 N–H and O–H groups in total. The first-order valence-corrected chi connectivity index (χ1v) is 22.4. The number of amides is 1. The van der Waals surface area contributed by atoms with Crippen molar-refractivity contribution < 1.29 is 79.6 Å². The van der Waals surface area contributed by atoms with Crippen LogP contribution in [-0.4, -0.2) is 160 Å². The van der Waals surface area contributed by atoms with Crippen LogP contribution in [0.15, 0.2) is 85.1 Å². The molecule has 0 saturated carbocycles. The van der Waals surface area contributed by atoms with Crippen LogP contribution in [0.3, 0.4) is 0 Å². The van der Waals surface area contributed by atoms with Gasteiger partial charge in [0, 0.05) is 31.1 Å². The van der Waals surface area contributed by atoms with Crippen molar-refractivity contribution in [3.05, 3.63) is 85.1 Å². The molecule has 18 nitrogen and oxygen atoms in total. The molecule has 0 radical (unpaired) electrons. The number of allylic oxidation sites excluding steroid dienone is 12. The monoisotopic (exact) mass is 923 g/mol. The minimum Gasteiger partial charge on any atom is -0.462 e. The van der Waals surface area contributed by atoms with Crippen LogP contribution in [0.4, 0.5) is 0 Å². The Morgan fingerprint density at radius 1 is 0.662 bits per heavy atom. The molecule has 0 aromatic rings. The molecular formula is C47H74N2O16. The Bertz CT molecular complexity index is 1670. The third-order valence-corrected chi connectivity index (χ3v) is 12.1. The first-order valence-electron chi connectivity index (χ1n) is 22.4. The fraction of sp³-hybridized carbons (Fsp3) is 0.660. The van der Waals surface area contributed by atoms with Gasteiger partial charge in [-0.2, -0.15) is 0 Å². The Morgan fingerprint density at radius 3 is 1.78 bits per heavy atom. The van der Waals surface area contributed by atoms with Gasteiger partial charge < -0.3 is 81.5 Å². The number of primary amides is 1. The lowest BCUT2D eigenvalue weighted by Gasteiger charge is -2.45. The highest BCUT2D eigenvalue weighted by Crippen LogP contribution is 2.38. The third kappa shape index (κ3) is 18.6. The molecule has 0 spiro atoms. The zero-order valence-corrected chi connectivity index (χ0v) is 37.7. The lowest BCUT2D eigenvalue weighted by Crippen LogP contribution is -2.62. The number of aliphatic hydroxyl groups excluding tert-OH is 9. The van der Waals surface area contributed by atoms with Gasteiger partial charge in [-0.15, -0.1) is 0 Å². The van der Waals surface area contributed by atoms with Gasteiger partial charge in [-0.05, 0) is 39.5 Å². The first-order chi connectivity index (χ1) is 30.6. The Kier molecular flexibility index (Phi) is 23.6. The summed E-state index contributed by atoms with van der Waals surface area (Å²) in [6.07, 6.45) is 4.46. The van der Waals surface area contributed by atoms with Gasteiger partial charge in [0.05, 0.1) is 85.5 Å². The molecule has 0 aromatic carbocycles. The van der Waals surface area contributed by atoms with E-state index in [4.69, 9.17) is 30.4 Å². The van der Waals surface area contributed by atoms with Crippen LogP contribution in [-0.2, 0) is 28.5 Å². The number of ether oxygens (including phenoxy) is 4. The second-order valence-electron chi connectivity index (χ2n) is 17.6. The topological polar surface area (TPSA) is 325 Å². The summed E-state index contributed by atoms with van der Waals surface area (Å²) in [5.41, 5.74) is 11.7. The largest absolute Gasteiger partial charge is 0.462 e. The Balaban J connectivity index is 1.86. The quantitative estimate of drug-likeness (QED) is 0.167. The number of rotatable bonds is 3. The molecule has 0 aromatic heterocycles. The van der Waals surface area contributed by atoms with E-state index < -0.39 is 140 Å². The smallest absolute Gasteiger partial charge is 0.308 e. The van der Waals surface area contributed by atoms with Crippen molar-refractivity contribution in [3.63, 3.8) is 0 Å². The van der Waals surface area contributed by atoms with Crippen molar-refractivity contribution in [2.75, 3.05) is 0 Å². The Hall–Kier alpha value is -3.44. The molecule has 19 atom stereocenters. The lowest BCUT2D eigenvalue weighted by atomic mass is 9.82. The zero-order valence-electron chi connectivity index (χ0n) is 37.7. The van der Waals surface area contributed by atoms with Gasteiger partial charge in [0.25, 0.3) is 0 Å². The molecule has 2 saturated heterocycles. The van der Waals surface area contributed by atoms with Crippen molar-refractivity contribution >= 4 is 11.9 Å². The first kappa shape index (κ1) is 55.9. The van der Waals surface area contributed by atoms with E-state index in [1.165, 1.54) is 0 Å². The molecule has 3 aliphatic heterocycles. The van der Waals surface area contributed by atoms with E-state index in [1.54, 1.807) is 75.5 Å². The van der Waals surface area contributed by atoms with Gasteiger partial charge in [0.2, 0.25) is 5.91 Å². The van der Waals surface area contributed by atoms with Crippen molar-refractivity contribution in [2.45, 2.75) is 177 Å². The number of fused-ring (bicyclic) bond motifs is 2.